The highest BCUT2D eigenvalue weighted by atomic mass is 16.6. The topological polar surface area (TPSA) is 109 Å². The molecule has 3 heterocycles. The van der Waals surface area contributed by atoms with Gasteiger partial charge in [0.05, 0.1) is 28.0 Å². The molecule has 5 rings (SSSR count). The monoisotopic (exact) mass is 442 g/mol. The molecule has 0 aliphatic rings. The number of aromatic nitrogens is 5. The van der Waals surface area contributed by atoms with E-state index in [0.717, 1.165) is 6.42 Å². The third-order valence-electron chi connectivity index (χ3n) is 5.83. The first-order valence-electron chi connectivity index (χ1n) is 10.8. The van der Waals surface area contributed by atoms with E-state index in [-0.39, 0.29) is 11.2 Å². The van der Waals surface area contributed by atoms with Crippen LogP contribution in [0.15, 0.2) is 53.6 Å². The molecule has 0 saturated carbocycles. The second kappa shape index (κ2) is 7.77. The maximum absolute atomic E-state index is 13.5. The molecule has 33 heavy (non-hydrogen) atoms. The fourth-order valence-corrected chi connectivity index (χ4v) is 4.01. The zero-order valence-electron chi connectivity index (χ0n) is 18.5. The van der Waals surface area contributed by atoms with Crippen LogP contribution in [0.5, 0.6) is 0 Å². The van der Waals surface area contributed by atoms with Gasteiger partial charge >= 0.3 is 0 Å². The minimum absolute atomic E-state index is 0.0125. The van der Waals surface area contributed by atoms with Crippen molar-refractivity contribution in [3.8, 4) is 5.69 Å². The SMILES string of the molecule is Cc1ccc(-n2c3nc4ccccc4nc3c3c(=O)n(CCC(C)C)cnc32)cc1[N+](=O)[O-]. The lowest BCUT2D eigenvalue weighted by Gasteiger charge is -2.09. The van der Waals surface area contributed by atoms with Gasteiger partial charge in [-0.1, -0.05) is 32.0 Å². The third-order valence-corrected chi connectivity index (χ3v) is 5.83. The Morgan fingerprint density at radius 2 is 1.79 bits per heavy atom. The molecule has 0 atom stereocenters. The van der Waals surface area contributed by atoms with Crippen LogP contribution >= 0.6 is 0 Å². The fourth-order valence-electron chi connectivity index (χ4n) is 4.01. The van der Waals surface area contributed by atoms with Gasteiger partial charge in [0.15, 0.2) is 11.3 Å². The second-order valence-corrected chi connectivity index (χ2v) is 8.57. The summed E-state index contributed by atoms with van der Waals surface area (Å²) >= 11 is 0. The molecule has 0 spiro atoms. The molecule has 0 fully saturated rings. The van der Waals surface area contributed by atoms with Gasteiger partial charge in [-0.15, -0.1) is 0 Å². The first-order chi connectivity index (χ1) is 15.8. The number of nitro benzene ring substituents is 1. The number of fused-ring (bicyclic) bond motifs is 4. The van der Waals surface area contributed by atoms with E-state index in [1.54, 1.807) is 28.2 Å². The number of hydrogen-bond donors (Lipinski definition) is 0. The summed E-state index contributed by atoms with van der Waals surface area (Å²) in [6, 6.07) is 12.4. The molecule has 0 N–H and O–H groups in total. The van der Waals surface area contributed by atoms with E-state index in [1.165, 1.54) is 12.4 Å². The van der Waals surface area contributed by atoms with Gasteiger partial charge in [0.2, 0.25) is 0 Å². The molecule has 9 heteroatoms. The minimum Gasteiger partial charge on any atom is -0.299 e. The Labute approximate surface area is 188 Å². The Hall–Kier alpha value is -4.14. The van der Waals surface area contributed by atoms with Crippen molar-refractivity contribution in [1.82, 2.24) is 24.1 Å². The van der Waals surface area contributed by atoms with E-state index in [1.807, 2.05) is 24.3 Å². The minimum atomic E-state index is -0.417. The Balaban J connectivity index is 1.89. The Morgan fingerprint density at radius 3 is 2.48 bits per heavy atom. The maximum Gasteiger partial charge on any atom is 0.274 e. The summed E-state index contributed by atoms with van der Waals surface area (Å²) in [6.07, 6.45) is 2.37. The Kier molecular flexibility index (Phi) is 4.88. The van der Waals surface area contributed by atoms with Crippen molar-refractivity contribution in [3.05, 3.63) is 74.8 Å². The molecule has 0 aliphatic carbocycles. The number of para-hydroxylation sites is 2. The lowest BCUT2D eigenvalue weighted by Crippen LogP contribution is -2.21. The average molecular weight is 442 g/mol. The lowest BCUT2D eigenvalue weighted by molar-refractivity contribution is -0.385. The molecule has 2 aromatic carbocycles. The Bertz CT molecular complexity index is 1620. The van der Waals surface area contributed by atoms with Crippen LogP contribution in [0.4, 0.5) is 5.69 Å². The van der Waals surface area contributed by atoms with Crippen LogP contribution in [0.3, 0.4) is 0 Å². The van der Waals surface area contributed by atoms with Gasteiger partial charge in [-0.2, -0.15) is 0 Å². The van der Waals surface area contributed by atoms with Gasteiger partial charge in [0, 0.05) is 18.2 Å². The van der Waals surface area contributed by atoms with E-state index in [0.29, 0.717) is 56.9 Å². The molecule has 0 aliphatic heterocycles. The van der Waals surface area contributed by atoms with Crippen LogP contribution < -0.4 is 5.56 Å². The number of benzene rings is 2. The molecule has 0 amide bonds. The molecule has 3 aromatic heterocycles. The van der Waals surface area contributed by atoms with Crippen molar-refractivity contribution in [2.24, 2.45) is 5.92 Å². The quantitative estimate of drug-likeness (QED) is 0.292. The van der Waals surface area contributed by atoms with E-state index in [9.17, 15) is 14.9 Å². The highest BCUT2D eigenvalue weighted by Gasteiger charge is 2.22. The van der Waals surface area contributed by atoms with E-state index >= 15 is 0 Å². The third kappa shape index (κ3) is 3.42. The molecule has 166 valence electrons. The van der Waals surface area contributed by atoms with Gasteiger partial charge in [-0.3, -0.25) is 24.0 Å². The molecular formula is C24H22N6O3. The normalized spacial score (nSPS) is 11.8. The molecular weight excluding hydrogens is 420 g/mol. The van der Waals surface area contributed by atoms with Crippen molar-refractivity contribution >= 4 is 38.9 Å². The van der Waals surface area contributed by atoms with Crippen molar-refractivity contribution in [3.63, 3.8) is 0 Å². The molecule has 5 aromatic rings. The summed E-state index contributed by atoms with van der Waals surface area (Å²) in [5.41, 5.74) is 3.42. The van der Waals surface area contributed by atoms with Crippen molar-refractivity contribution in [2.75, 3.05) is 0 Å². The van der Waals surface area contributed by atoms with Crippen LogP contribution in [0.1, 0.15) is 25.8 Å². The first kappa shape index (κ1) is 20.7. The molecule has 0 saturated heterocycles. The highest BCUT2D eigenvalue weighted by Crippen LogP contribution is 2.30. The predicted octanol–water partition coefficient (Wildman–Crippen LogP) is 4.55. The summed E-state index contributed by atoms with van der Waals surface area (Å²) in [5.74, 6) is 0.436. The number of nitro groups is 1. The van der Waals surface area contributed by atoms with Crippen LogP contribution in [0, 0.1) is 23.0 Å². The van der Waals surface area contributed by atoms with Crippen LogP contribution in [-0.2, 0) is 6.54 Å². The van der Waals surface area contributed by atoms with Crippen molar-refractivity contribution in [1.29, 1.82) is 0 Å². The average Bonchev–Trinajstić information content (AvgIpc) is 3.11. The number of nitrogens with zero attached hydrogens (tertiary/aromatic N) is 6. The zero-order valence-corrected chi connectivity index (χ0v) is 18.5. The van der Waals surface area contributed by atoms with Gasteiger partial charge in [-0.05, 0) is 37.5 Å². The summed E-state index contributed by atoms with van der Waals surface area (Å²) < 4.78 is 3.28. The van der Waals surface area contributed by atoms with E-state index in [2.05, 4.69) is 18.8 Å². The predicted molar refractivity (Wildman–Crippen MR) is 127 cm³/mol. The summed E-state index contributed by atoms with van der Waals surface area (Å²) in [6.45, 7) is 6.44. The lowest BCUT2D eigenvalue weighted by atomic mass is 10.1. The summed E-state index contributed by atoms with van der Waals surface area (Å²) in [5, 5.41) is 11.9. The van der Waals surface area contributed by atoms with Crippen molar-refractivity contribution < 1.29 is 4.92 Å². The van der Waals surface area contributed by atoms with Gasteiger partial charge in [-0.25, -0.2) is 15.0 Å². The first-order valence-corrected chi connectivity index (χ1v) is 10.8. The second-order valence-electron chi connectivity index (χ2n) is 8.57. The van der Waals surface area contributed by atoms with Gasteiger partial charge in [0.25, 0.3) is 11.2 Å². The maximum atomic E-state index is 13.5. The molecule has 0 unspecified atom stereocenters. The number of aryl methyl sites for hydroxylation is 2. The summed E-state index contributed by atoms with van der Waals surface area (Å²) in [4.78, 5) is 38.8. The molecule has 0 radical (unpaired) electrons. The van der Waals surface area contributed by atoms with Crippen LogP contribution in [0.25, 0.3) is 38.9 Å². The van der Waals surface area contributed by atoms with E-state index < -0.39 is 4.92 Å². The standard InChI is InChI=1S/C24H22N6O3/c1-14(2)10-11-28-13-25-22-20(24(28)31)21-23(27-18-7-5-4-6-17(18)26-21)29(22)16-9-8-15(3)19(12-16)30(32)33/h4-9,12-14H,10-11H2,1-3H3. The summed E-state index contributed by atoms with van der Waals surface area (Å²) in [7, 11) is 0. The zero-order chi connectivity index (χ0) is 23.3. The van der Waals surface area contributed by atoms with Crippen molar-refractivity contribution in [2.45, 2.75) is 33.7 Å². The van der Waals surface area contributed by atoms with E-state index in [4.69, 9.17) is 9.97 Å². The van der Waals surface area contributed by atoms with Crippen LogP contribution in [-0.4, -0.2) is 29.0 Å². The van der Waals surface area contributed by atoms with Crippen LogP contribution in [0.2, 0.25) is 0 Å². The largest absolute Gasteiger partial charge is 0.299 e. The molecule has 0 bridgehead atoms. The smallest absolute Gasteiger partial charge is 0.274 e. The Morgan fingerprint density at radius 1 is 1.06 bits per heavy atom. The number of rotatable bonds is 5. The number of hydrogen-bond acceptors (Lipinski definition) is 6. The highest BCUT2D eigenvalue weighted by molar-refractivity contribution is 6.05. The fraction of sp³-hybridized carbons (Fsp3) is 0.250. The van der Waals surface area contributed by atoms with Gasteiger partial charge in [0.1, 0.15) is 10.9 Å². The van der Waals surface area contributed by atoms with Gasteiger partial charge < -0.3 is 0 Å². The molecule has 9 nitrogen and oxygen atoms in total.